The van der Waals surface area contributed by atoms with Crippen molar-refractivity contribution in [2.45, 2.75) is 59.1 Å². The molecule has 2 saturated heterocycles. The van der Waals surface area contributed by atoms with Gasteiger partial charge in [-0.2, -0.15) is 9.97 Å². The van der Waals surface area contributed by atoms with E-state index in [9.17, 15) is 30.6 Å². The molecule has 10 N–H and O–H groups in total. The van der Waals surface area contributed by atoms with Crippen LogP contribution in [0, 0.1) is 0 Å². The predicted molar refractivity (Wildman–Crippen MR) is 137 cm³/mol. The second-order valence-corrected chi connectivity index (χ2v) is 11.2. The quantitative estimate of drug-likeness (QED) is 0.0787. The van der Waals surface area contributed by atoms with Crippen LogP contribution in [0.25, 0.3) is 22.3 Å². The molecule has 2 aliphatic heterocycles. The minimum atomic E-state index is -1.35. The Balaban J connectivity index is 1.30. The Bertz CT molecular complexity index is 1440. The lowest BCUT2D eigenvalue weighted by Gasteiger charge is -2.16. The van der Waals surface area contributed by atoms with Crippen LogP contribution in [-0.4, -0.2) is 120 Å². The molecule has 0 bridgehead atoms. The van der Waals surface area contributed by atoms with Crippen molar-refractivity contribution in [2.75, 3.05) is 24.7 Å². The molecule has 214 valence electrons. The maximum absolute atomic E-state index is 10.4. The Hall–Kier alpha value is -2.92. The Kier molecular flexibility index (Phi) is 7.14. The predicted octanol–water partition coefficient (Wildman–Crippen LogP) is -2.85. The summed E-state index contributed by atoms with van der Waals surface area (Å²) in [5.41, 5.74) is 13.0. The summed E-state index contributed by atoms with van der Waals surface area (Å²) in [5, 5.41) is 60.7. The van der Waals surface area contributed by atoms with E-state index in [2.05, 4.69) is 29.9 Å². The highest BCUT2D eigenvalue weighted by atomic mass is 33.1. The molecule has 18 nitrogen and oxygen atoms in total. The summed E-state index contributed by atoms with van der Waals surface area (Å²) < 4.78 is 14.0. The first-order valence-electron chi connectivity index (χ1n) is 11.8. The number of nitrogens with zero attached hydrogens (tertiary/aromatic N) is 8. The van der Waals surface area contributed by atoms with Crippen LogP contribution in [0.2, 0.25) is 0 Å². The van der Waals surface area contributed by atoms with Crippen LogP contribution in [-0.2, 0) is 9.47 Å². The van der Waals surface area contributed by atoms with Gasteiger partial charge in [0.2, 0.25) is 11.9 Å². The summed E-state index contributed by atoms with van der Waals surface area (Å²) in [7, 11) is 2.24. The van der Waals surface area contributed by atoms with Gasteiger partial charge in [-0.25, -0.2) is 19.9 Å². The van der Waals surface area contributed by atoms with Crippen molar-refractivity contribution in [3.05, 3.63) is 12.7 Å². The smallest absolute Gasteiger partial charge is 0.223 e. The number of rotatable bonds is 7. The zero-order valence-corrected chi connectivity index (χ0v) is 21.9. The minimum Gasteiger partial charge on any atom is -0.394 e. The molecule has 2 fully saturated rings. The fraction of sp³-hybridized carbons (Fsp3) is 0.500. The lowest BCUT2D eigenvalue weighted by molar-refractivity contribution is -0.0511. The van der Waals surface area contributed by atoms with E-state index in [0.29, 0.717) is 21.1 Å². The molecule has 20 heteroatoms. The molecule has 0 spiro atoms. The second kappa shape index (κ2) is 10.5. The van der Waals surface area contributed by atoms with E-state index in [1.807, 2.05) is 0 Å². The van der Waals surface area contributed by atoms with E-state index in [-0.39, 0.29) is 23.2 Å². The molecule has 0 saturated carbocycles. The monoisotopic (exact) mass is 596 g/mol. The van der Waals surface area contributed by atoms with Crippen molar-refractivity contribution in [2.24, 2.45) is 0 Å². The van der Waals surface area contributed by atoms with Crippen molar-refractivity contribution in [3.8, 4) is 0 Å². The number of aromatic nitrogens is 8. The molecule has 8 atom stereocenters. The highest BCUT2D eigenvalue weighted by Gasteiger charge is 2.45. The number of hydrogen-bond acceptors (Lipinski definition) is 18. The largest absolute Gasteiger partial charge is 0.394 e. The average Bonchev–Trinajstić information content (AvgIpc) is 3.68. The lowest BCUT2D eigenvalue weighted by Crippen LogP contribution is -2.33. The first-order valence-corrected chi connectivity index (χ1v) is 14.0. The third-order valence-electron chi connectivity index (χ3n) is 6.60. The van der Waals surface area contributed by atoms with Gasteiger partial charge >= 0.3 is 0 Å². The van der Waals surface area contributed by atoms with Crippen LogP contribution in [0.15, 0.2) is 22.7 Å². The molecule has 0 unspecified atom stereocenters. The second-order valence-electron chi connectivity index (χ2n) is 9.05. The van der Waals surface area contributed by atoms with Gasteiger partial charge in [-0.1, -0.05) is 0 Å². The van der Waals surface area contributed by atoms with Crippen LogP contribution in [0.5, 0.6) is 0 Å². The topological polar surface area (TPSA) is 279 Å². The number of hydrogen-bond donors (Lipinski definition) is 8. The fourth-order valence-electron chi connectivity index (χ4n) is 4.60. The highest BCUT2D eigenvalue weighted by molar-refractivity contribution is 8.76. The lowest BCUT2D eigenvalue weighted by atomic mass is 10.1. The standard InChI is InChI=1S/C20H24N10O8S2/c21-19-25-13-7(23-3-29(13)17-11(35)9(33)5(1-31)37-17)15(27-19)39-40-16-8-14(26-20(22)28-16)30(4-24-8)18-12(36)10(34)6(2-32)38-18/h3-6,9-12,17-18,31-36H,1-2H2,(H2,21,25,27)(H2,22,26,28)/t5-,6-,9+,10+,11-,12+,17+,18-/m0/s1. The molecular weight excluding hydrogens is 572 g/mol. The summed E-state index contributed by atoms with van der Waals surface area (Å²) in [5.74, 6) is -0.185. The van der Waals surface area contributed by atoms with Gasteiger partial charge in [0.05, 0.1) is 25.9 Å². The average molecular weight is 597 g/mol. The van der Waals surface area contributed by atoms with Gasteiger partial charge in [-0.3, -0.25) is 9.13 Å². The van der Waals surface area contributed by atoms with Crippen molar-refractivity contribution >= 4 is 55.8 Å². The van der Waals surface area contributed by atoms with Crippen molar-refractivity contribution in [1.29, 1.82) is 0 Å². The molecule has 0 amide bonds. The molecule has 6 heterocycles. The van der Waals surface area contributed by atoms with Crippen molar-refractivity contribution in [1.82, 2.24) is 39.0 Å². The first-order chi connectivity index (χ1) is 19.2. The van der Waals surface area contributed by atoms with Crippen LogP contribution in [0.1, 0.15) is 12.5 Å². The van der Waals surface area contributed by atoms with Gasteiger partial charge in [0.25, 0.3) is 0 Å². The summed E-state index contributed by atoms with van der Waals surface area (Å²) in [6, 6.07) is 0. The number of imidazole rings is 2. The van der Waals surface area contributed by atoms with E-state index < -0.39 is 62.3 Å². The maximum Gasteiger partial charge on any atom is 0.223 e. The Morgan fingerprint density at radius 3 is 1.43 bits per heavy atom. The van der Waals surface area contributed by atoms with Crippen molar-refractivity contribution < 1.29 is 40.1 Å². The number of nitrogen functional groups attached to an aromatic ring is 2. The Labute approximate surface area is 231 Å². The summed E-state index contributed by atoms with van der Waals surface area (Å²) in [4.78, 5) is 25.6. The zero-order chi connectivity index (χ0) is 28.3. The van der Waals surface area contributed by atoms with Crippen LogP contribution < -0.4 is 11.5 Å². The van der Waals surface area contributed by atoms with Gasteiger partial charge in [0.15, 0.2) is 23.8 Å². The van der Waals surface area contributed by atoms with Crippen LogP contribution in [0.3, 0.4) is 0 Å². The highest BCUT2D eigenvalue weighted by Crippen LogP contribution is 2.42. The number of ether oxygens (including phenoxy) is 2. The van der Waals surface area contributed by atoms with Gasteiger partial charge < -0.3 is 51.6 Å². The zero-order valence-electron chi connectivity index (χ0n) is 20.2. The van der Waals surface area contributed by atoms with Gasteiger partial charge in [0.1, 0.15) is 57.7 Å². The SMILES string of the molecule is Nc1nc(SSc2nc(N)nc3c2ncn3[C@H]2O[C@@H](CO)[C@@H](O)[C@H]2O)c2ncn([C@@H]3O[C@@H](CO)[C@@H](O)[C@@H]3O)c2n1. The molecule has 2 aliphatic rings. The molecule has 40 heavy (non-hydrogen) atoms. The maximum atomic E-state index is 10.4. The molecule has 4 aromatic heterocycles. The van der Waals surface area contributed by atoms with Gasteiger partial charge in [-0.15, -0.1) is 0 Å². The number of aliphatic hydroxyl groups is 6. The Morgan fingerprint density at radius 1 is 0.675 bits per heavy atom. The molecule has 0 aliphatic carbocycles. The van der Waals surface area contributed by atoms with Gasteiger partial charge in [-0.05, 0) is 21.6 Å². The van der Waals surface area contributed by atoms with E-state index >= 15 is 0 Å². The molecule has 0 aromatic carbocycles. The number of anilines is 2. The fourth-order valence-corrected chi connectivity index (χ4v) is 6.64. The summed E-state index contributed by atoms with van der Waals surface area (Å²) >= 11 is 0. The molecule has 4 aromatic rings. The normalized spacial score (nSPS) is 30.6. The van der Waals surface area contributed by atoms with Gasteiger partial charge in [0, 0.05) is 0 Å². The van der Waals surface area contributed by atoms with Crippen molar-refractivity contribution in [3.63, 3.8) is 0 Å². The van der Waals surface area contributed by atoms with E-state index in [0.717, 1.165) is 21.6 Å². The van der Waals surface area contributed by atoms with E-state index in [1.165, 1.54) is 21.8 Å². The third-order valence-corrected chi connectivity index (χ3v) is 8.76. The number of fused-ring (bicyclic) bond motifs is 2. The summed E-state index contributed by atoms with van der Waals surface area (Å²) in [6.45, 7) is -0.978. The number of aliphatic hydroxyl groups excluding tert-OH is 6. The van der Waals surface area contributed by atoms with E-state index in [1.54, 1.807) is 0 Å². The van der Waals surface area contributed by atoms with E-state index in [4.69, 9.17) is 20.9 Å². The molecule has 0 radical (unpaired) electrons. The Morgan fingerprint density at radius 2 is 1.07 bits per heavy atom. The summed E-state index contributed by atoms with van der Waals surface area (Å²) in [6.07, 6.45) is -6.71. The third kappa shape index (κ3) is 4.41. The van der Waals surface area contributed by atoms with Crippen LogP contribution >= 0.6 is 21.6 Å². The first kappa shape index (κ1) is 27.3. The number of nitrogens with two attached hydrogens (primary N) is 2. The van der Waals surface area contributed by atoms with Crippen LogP contribution in [0.4, 0.5) is 11.9 Å². The molecule has 6 rings (SSSR count). The minimum absolute atomic E-state index is 0.0925. The molecular formula is C20H24N10O8S2.